The molecular formula is C11H22N2. The Morgan fingerprint density at radius 3 is 2.54 bits per heavy atom. The van der Waals surface area contributed by atoms with Crippen molar-refractivity contribution in [3.05, 3.63) is 0 Å². The summed E-state index contributed by atoms with van der Waals surface area (Å²) in [6.45, 7) is 7.24. The van der Waals surface area contributed by atoms with E-state index in [-0.39, 0.29) is 0 Å². The van der Waals surface area contributed by atoms with Gasteiger partial charge in [-0.05, 0) is 44.9 Å². The molecule has 1 aliphatic carbocycles. The Hall–Kier alpha value is -0.0800. The molecule has 0 spiro atoms. The molecule has 0 aromatic rings. The van der Waals surface area contributed by atoms with Crippen molar-refractivity contribution in [1.82, 2.24) is 4.90 Å². The second-order valence-corrected chi connectivity index (χ2v) is 5.14. The molecule has 2 aliphatic rings. The lowest BCUT2D eigenvalue weighted by atomic mass is 9.79. The zero-order valence-electron chi connectivity index (χ0n) is 8.87. The van der Waals surface area contributed by atoms with Crippen molar-refractivity contribution in [3.8, 4) is 0 Å². The number of hydrogen-bond acceptors (Lipinski definition) is 2. The highest BCUT2D eigenvalue weighted by Gasteiger charge is 2.37. The maximum absolute atomic E-state index is 5.99. The summed E-state index contributed by atoms with van der Waals surface area (Å²) in [7, 11) is 0. The van der Waals surface area contributed by atoms with Crippen LogP contribution in [0.25, 0.3) is 0 Å². The van der Waals surface area contributed by atoms with Crippen molar-refractivity contribution in [2.75, 3.05) is 13.1 Å². The molecule has 2 unspecified atom stereocenters. The third kappa shape index (κ3) is 1.89. The number of rotatable bonds is 1. The maximum Gasteiger partial charge on any atom is 0.00421 e. The number of fused-ring (bicyclic) bond motifs is 1. The molecule has 0 aromatic heterocycles. The van der Waals surface area contributed by atoms with E-state index in [0.717, 1.165) is 17.9 Å². The largest absolute Gasteiger partial charge is 0.328 e. The molecule has 1 saturated heterocycles. The predicted octanol–water partition coefficient (Wildman–Crippen LogP) is 1.45. The van der Waals surface area contributed by atoms with Crippen LogP contribution in [-0.4, -0.2) is 30.1 Å². The molecule has 1 heterocycles. The highest BCUT2D eigenvalue weighted by molar-refractivity contribution is 4.91. The standard InChI is InChI=1S/C11H22N2/c1-8(2)13-6-9-3-4-11(12)5-10(9)7-13/h8-11H,3-7,12H2,1-2H3/t9?,10?,11-/m1/s1. The zero-order valence-corrected chi connectivity index (χ0v) is 8.87. The van der Waals surface area contributed by atoms with Crippen molar-refractivity contribution in [2.45, 2.75) is 45.2 Å². The van der Waals surface area contributed by atoms with Crippen molar-refractivity contribution in [2.24, 2.45) is 17.6 Å². The first-order valence-electron chi connectivity index (χ1n) is 5.66. The highest BCUT2D eigenvalue weighted by Crippen LogP contribution is 2.36. The molecule has 2 N–H and O–H groups in total. The summed E-state index contributed by atoms with van der Waals surface area (Å²) >= 11 is 0. The van der Waals surface area contributed by atoms with Gasteiger partial charge in [0.2, 0.25) is 0 Å². The van der Waals surface area contributed by atoms with Crippen LogP contribution in [0.1, 0.15) is 33.1 Å². The van der Waals surface area contributed by atoms with E-state index >= 15 is 0 Å². The Labute approximate surface area is 81.5 Å². The molecule has 0 aromatic carbocycles. The SMILES string of the molecule is CC(C)N1CC2CC[C@@H](N)CC2C1. The van der Waals surface area contributed by atoms with Gasteiger partial charge in [0.05, 0.1) is 0 Å². The van der Waals surface area contributed by atoms with Gasteiger partial charge in [0.25, 0.3) is 0 Å². The summed E-state index contributed by atoms with van der Waals surface area (Å²) in [6, 6.07) is 1.22. The number of nitrogens with two attached hydrogens (primary N) is 1. The molecule has 0 radical (unpaired) electrons. The summed E-state index contributed by atoms with van der Waals surface area (Å²) in [5, 5.41) is 0. The summed E-state index contributed by atoms with van der Waals surface area (Å²) in [5.74, 6) is 1.87. The molecule has 13 heavy (non-hydrogen) atoms. The number of nitrogens with zero attached hydrogens (tertiary/aromatic N) is 1. The fourth-order valence-corrected chi connectivity index (χ4v) is 2.93. The van der Waals surface area contributed by atoms with E-state index in [9.17, 15) is 0 Å². The minimum atomic E-state index is 0.494. The molecule has 2 heteroatoms. The van der Waals surface area contributed by atoms with E-state index in [1.165, 1.54) is 32.4 Å². The van der Waals surface area contributed by atoms with Crippen molar-refractivity contribution in [3.63, 3.8) is 0 Å². The molecule has 2 fully saturated rings. The van der Waals surface area contributed by atoms with Gasteiger partial charge < -0.3 is 10.6 Å². The normalized spacial score (nSPS) is 41.1. The molecular weight excluding hydrogens is 160 g/mol. The monoisotopic (exact) mass is 182 g/mol. The van der Waals surface area contributed by atoms with Gasteiger partial charge in [-0.2, -0.15) is 0 Å². The van der Waals surface area contributed by atoms with Gasteiger partial charge in [0.15, 0.2) is 0 Å². The Balaban J connectivity index is 1.94. The zero-order chi connectivity index (χ0) is 9.42. The van der Waals surface area contributed by atoms with Crippen LogP contribution in [0.4, 0.5) is 0 Å². The topological polar surface area (TPSA) is 29.3 Å². The predicted molar refractivity (Wildman–Crippen MR) is 55.5 cm³/mol. The number of likely N-dealkylation sites (tertiary alicyclic amines) is 1. The van der Waals surface area contributed by atoms with Crippen molar-refractivity contribution < 1.29 is 0 Å². The van der Waals surface area contributed by atoms with Crippen LogP contribution in [-0.2, 0) is 0 Å². The van der Waals surface area contributed by atoms with Crippen LogP contribution >= 0.6 is 0 Å². The van der Waals surface area contributed by atoms with E-state index in [1.54, 1.807) is 0 Å². The summed E-state index contributed by atoms with van der Waals surface area (Å²) in [4.78, 5) is 2.62. The first-order valence-corrected chi connectivity index (χ1v) is 5.66. The molecule has 1 saturated carbocycles. The molecule has 0 bridgehead atoms. The fraction of sp³-hybridized carbons (Fsp3) is 1.00. The highest BCUT2D eigenvalue weighted by atomic mass is 15.2. The van der Waals surface area contributed by atoms with Gasteiger partial charge in [-0.25, -0.2) is 0 Å². The Kier molecular flexibility index (Phi) is 2.61. The maximum atomic E-state index is 5.99. The molecule has 76 valence electrons. The second kappa shape index (κ2) is 3.58. The van der Waals surface area contributed by atoms with Gasteiger partial charge in [-0.15, -0.1) is 0 Å². The molecule has 0 amide bonds. The van der Waals surface area contributed by atoms with E-state index in [1.807, 2.05) is 0 Å². The van der Waals surface area contributed by atoms with Crippen LogP contribution in [0.3, 0.4) is 0 Å². The minimum absolute atomic E-state index is 0.494. The molecule has 2 rings (SSSR count). The summed E-state index contributed by atoms with van der Waals surface area (Å²) in [6.07, 6.45) is 3.90. The second-order valence-electron chi connectivity index (χ2n) is 5.14. The fourth-order valence-electron chi connectivity index (χ4n) is 2.93. The lowest BCUT2D eigenvalue weighted by molar-refractivity contribution is 0.261. The first kappa shape index (κ1) is 9.47. The Morgan fingerprint density at radius 1 is 1.15 bits per heavy atom. The quantitative estimate of drug-likeness (QED) is 0.665. The van der Waals surface area contributed by atoms with Crippen LogP contribution < -0.4 is 5.73 Å². The van der Waals surface area contributed by atoms with E-state index in [4.69, 9.17) is 5.73 Å². The van der Waals surface area contributed by atoms with Gasteiger partial charge >= 0.3 is 0 Å². The van der Waals surface area contributed by atoms with Gasteiger partial charge in [0, 0.05) is 25.2 Å². The Morgan fingerprint density at radius 2 is 1.85 bits per heavy atom. The van der Waals surface area contributed by atoms with Crippen LogP contribution in [0.2, 0.25) is 0 Å². The van der Waals surface area contributed by atoms with Crippen LogP contribution in [0.5, 0.6) is 0 Å². The van der Waals surface area contributed by atoms with E-state index in [0.29, 0.717) is 6.04 Å². The van der Waals surface area contributed by atoms with E-state index < -0.39 is 0 Å². The average molecular weight is 182 g/mol. The molecule has 2 nitrogen and oxygen atoms in total. The molecule has 1 aliphatic heterocycles. The van der Waals surface area contributed by atoms with Crippen LogP contribution in [0, 0.1) is 11.8 Å². The lowest BCUT2D eigenvalue weighted by Crippen LogP contribution is -2.32. The lowest BCUT2D eigenvalue weighted by Gasteiger charge is -2.28. The average Bonchev–Trinajstić information content (AvgIpc) is 2.46. The van der Waals surface area contributed by atoms with Crippen molar-refractivity contribution in [1.29, 1.82) is 0 Å². The van der Waals surface area contributed by atoms with Gasteiger partial charge in [-0.1, -0.05) is 0 Å². The third-order valence-electron chi connectivity index (χ3n) is 3.85. The minimum Gasteiger partial charge on any atom is -0.328 e. The smallest absolute Gasteiger partial charge is 0.00421 e. The first-order chi connectivity index (χ1) is 6.16. The Bertz CT molecular complexity index is 179. The third-order valence-corrected chi connectivity index (χ3v) is 3.85. The summed E-state index contributed by atoms with van der Waals surface area (Å²) < 4.78 is 0. The van der Waals surface area contributed by atoms with Gasteiger partial charge in [-0.3, -0.25) is 0 Å². The van der Waals surface area contributed by atoms with Crippen molar-refractivity contribution >= 4 is 0 Å². The van der Waals surface area contributed by atoms with Gasteiger partial charge in [0.1, 0.15) is 0 Å². The van der Waals surface area contributed by atoms with E-state index in [2.05, 4.69) is 18.7 Å². The van der Waals surface area contributed by atoms with Crippen LogP contribution in [0.15, 0.2) is 0 Å². The number of hydrogen-bond donors (Lipinski definition) is 1. The molecule has 3 atom stereocenters. The summed E-state index contributed by atoms with van der Waals surface area (Å²) in [5.41, 5.74) is 5.99.